The number of carboxylic acids is 1. The lowest BCUT2D eigenvalue weighted by Crippen LogP contribution is -2.38. The van der Waals surface area contributed by atoms with Gasteiger partial charge in [0.25, 0.3) is 0 Å². The minimum absolute atomic E-state index is 0.0844. The number of nitrogens with one attached hydrogen (secondary N) is 1. The van der Waals surface area contributed by atoms with Crippen molar-refractivity contribution < 1.29 is 27.9 Å². The minimum Gasteiger partial charge on any atom is -0.480 e. The van der Waals surface area contributed by atoms with Crippen LogP contribution in [0.5, 0.6) is 0 Å². The number of hydrogen-bond acceptors (Lipinski definition) is 2. The third-order valence-electron chi connectivity index (χ3n) is 3.02. The fraction of sp³-hybridized carbons (Fsp3) is 0.429. The first kappa shape index (κ1) is 17.0. The maximum Gasteiger partial charge on any atom is 0.416 e. The summed E-state index contributed by atoms with van der Waals surface area (Å²) in [7, 11) is 0. The highest BCUT2D eigenvalue weighted by atomic mass is 19.4. The molecule has 0 aliphatic heterocycles. The number of carbonyl (C=O) groups excluding carboxylic acids is 1. The van der Waals surface area contributed by atoms with E-state index in [9.17, 15) is 22.8 Å². The van der Waals surface area contributed by atoms with Crippen molar-refractivity contribution in [2.24, 2.45) is 0 Å². The molecule has 0 saturated carbocycles. The molecule has 116 valence electrons. The smallest absolute Gasteiger partial charge is 0.416 e. The van der Waals surface area contributed by atoms with Gasteiger partial charge in [-0.3, -0.25) is 9.59 Å². The molecule has 0 radical (unpaired) electrons. The van der Waals surface area contributed by atoms with Gasteiger partial charge in [-0.25, -0.2) is 0 Å². The molecule has 21 heavy (non-hydrogen) atoms. The van der Waals surface area contributed by atoms with E-state index in [1.165, 1.54) is 19.1 Å². The Morgan fingerprint density at radius 1 is 1.29 bits per heavy atom. The Labute approximate surface area is 120 Å². The van der Waals surface area contributed by atoms with Crippen molar-refractivity contribution in [3.05, 3.63) is 35.4 Å². The maximum atomic E-state index is 12.6. The topological polar surface area (TPSA) is 66.4 Å². The van der Waals surface area contributed by atoms with Gasteiger partial charge in [0, 0.05) is 6.42 Å². The van der Waals surface area contributed by atoms with Crippen LogP contribution in [0.4, 0.5) is 13.2 Å². The predicted molar refractivity (Wildman–Crippen MR) is 69.7 cm³/mol. The number of halogens is 3. The number of hydrogen-bond donors (Lipinski definition) is 2. The van der Waals surface area contributed by atoms with Crippen LogP contribution in [0.1, 0.15) is 37.3 Å². The third kappa shape index (κ3) is 5.09. The zero-order chi connectivity index (χ0) is 16.2. The van der Waals surface area contributed by atoms with E-state index >= 15 is 0 Å². The van der Waals surface area contributed by atoms with E-state index in [-0.39, 0.29) is 6.42 Å². The second-order valence-corrected chi connectivity index (χ2v) is 4.86. The first-order valence-electron chi connectivity index (χ1n) is 6.30. The summed E-state index contributed by atoms with van der Waals surface area (Å²) in [5, 5.41) is 10.9. The summed E-state index contributed by atoms with van der Waals surface area (Å²) < 4.78 is 37.8. The molecule has 0 aromatic heterocycles. The molecule has 0 heterocycles. The Morgan fingerprint density at radius 2 is 1.90 bits per heavy atom. The molecule has 4 nitrogen and oxygen atoms in total. The summed E-state index contributed by atoms with van der Waals surface area (Å²) in [6.07, 6.45) is -4.52. The van der Waals surface area contributed by atoms with Crippen LogP contribution in [-0.2, 0) is 15.8 Å². The van der Waals surface area contributed by atoms with Crippen molar-refractivity contribution in [2.45, 2.75) is 38.4 Å². The van der Waals surface area contributed by atoms with Crippen molar-refractivity contribution in [2.75, 3.05) is 0 Å². The summed E-state index contributed by atoms with van der Waals surface area (Å²) >= 11 is 0. The molecule has 1 rings (SSSR count). The van der Waals surface area contributed by atoms with Crippen LogP contribution in [0.25, 0.3) is 0 Å². The minimum atomic E-state index is -4.43. The molecule has 0 unspecified atom stereocenters. The zero-order valence-corrected chi connectivity index (χ0v) is 11.6. The number of alkyl halides is 3. The van der Waals surface area contributed by atoms with E-state index in [1.807, 2.05) is 0 Å². The molecule has 0 spiro atoms. The van der Waals surface area contributed by atoms with Gasteiger partial charge in [-0.15, -0.1) is 0 Å². The predicted octanol–water partition coefficient (Wildman–Crippen LogP) is 2.79. The van der Waals surface area contributed by atoms with E-state index in [2.05, 4.69) is 5.32 Å². The first-order valence-corrected chi connectivity index (χ1v) is 6.30. The Balaban J connectivity index is 2.74. The number of aliphatic carboxylic acids is 1. The van der Waals surface area contributed by atoms with Crippen LogP contribution in [0.15, 0.2) is 24.3 Å². The molecule has 1 amide bonds. The Kier molecular flexibility index (Phi) is 5.34. The molecule has 2 N–H and O–H groups in total. The molecular weight excluding hydrogens is 287 g/mol. The molecule has 0 fully saturated rings. The van der Waals surface area contributed by atoms with Crippen molar-refractivity contribution in [1.29, 1.82) is 0 Å². The highest BCUT2D eigenvalue weighted by Crippen LogP contribution is 2.31. The molecule has 0 saturated heterocycles. The second-order valence-electron chi connectivity index (χ2n) is 4.86. The molecule has 1 aromatic rings. The molecule has 1 aromatic carbocycles. The van der Waals surface area contributed by atoms with Crippen molar-refractivity contribution in [3.8, 4) is 0 Å². The van der Waals surface area contributed by atoms with Crippen molar-refractivity contribution in [3.63, 3.8) is 0 Å². The fourth-order valence-corrected chi connectivity index (χ4v) is 1.78. The van der Waals surface area contributed by atoms with Gasteiger partial charge in [-0.2, -0.15) is 13.2 Å². The molecule has 0 aliphatic rings. The summed E-state index contributed by atoms with van der Waals surface area (Å²) in [4.78, 5) is 22.2. The average molecular weight is 303 g/mol. The standard InChI is InChI=1S/C14H16F3NO3/c1-8(6-12(19)18-9(2)13(20)21)10-4-3-5-11(7-10)14(15,16)17/h3-5,7-9H,6H2,1-2H3,(H,18,19)(H,20,21)/t8-,9-/m1/s1. The van der Waals surface area contributed by atoms with E-state index in [0.717, 1.165) is 12.1 Å². The molecule has 0 bridgehead atoms. The Hall–Kier alpha value is -2.05. The van der Waals surface area contributed by atoms with E-state index in [4.69, 9.17) is 5.11 Å². The van der Waals surface area contributed by atoms with Gasteiger partial charge < -0.3 is 10.4 Å². The van der Waals surface area contributed by atoms with Gasteiger partial charge in [0.2, 0.25) is 5.91 Å². The van der Waals surface area contributed by atoms with Crippen LogP contribution in [-0.4, -0.2) is 23.0 Å². The quantitative estimate of drug-likeness (QED) is 0.879. The summed E-state index contributed by atoms with van der Waals surface area (Å²) in [5.74, 6) is -2.14. The van der Waals surface area contributed by atoms with Crippen LogP contribution < -0.4 is 5.32 Å². The van der Waals surface area contributed by atoms with E-state index in [1.54, 1.807) is 6.92 Å². The molecule has 0 aliphatic carbocycles. The van der Waals surface area contributed by atoms with Crippen LogP contribution in [0, 0.1) is 0 Å². The highest BCUT2D eigenvalue weighted by molar-refractivity contribution is 5.83. The largest absolute Gasteiger partial charge is 0.480 e. The summed E-state index contributed by atoms with van der Waals surface area (Å²) in [6.45, 7) is 2.93. The number of amides is 1. The van der Waals surface area contributed by atoms with Gasteiger partial charge >= 0.3 is 12.1 Å². The van der Waals surface area contributed by atoms with Crippen molar-refractivity contribution in [1.82, 2.24) is 5.32 Å². The molecular formula is C14H16F3NO3. The monoisotopic (exact) mass is 303 g/mol. The number of carboxylic acid groups (broad SMARTS) is 1. The number of rotatable bonds is 5. The van der Waals surface area contributed by atoms with Gasteiger partial charge in [-0.1, -0.05) is 25.1 Å². The molecule has 7 heteroatoms. The van der Waals surface area contributed by atoms with Crippen LogP contribution in [0.3, 0.4) is 0 Å². The van der Waals surface area contributed by atoms with Gasteiger partial charge in [0.15, 0.2) is 0 Å². The average Bonchev–Trinajstić information content (AvgIpc) is 2.37. The van der Waals surface area contributed by atoms with E-state index in [0.29, 0.717) is 5.56 Å². The Morgan fingerprint density at radius 3 is 2.43 bits per heavy atom. The van der Waals surface area contributed by atoms with Crippen LogP contribution >= 0.6 is 0 Å². The highest BCUT2D eigenvalue weighted by Gasteiger charge is 2.30. The SMILES string of the molecule is C[C@H](CC(=O)N[C@H](C)C(=O)O)c1cccc(C(F)(F)F)c1. The third-order valence-corrected chi connectivity index (χ3v) is 3.02. The maximum absolute atomic E-state index is 12.6. The lowest BCUT2D eigenvalue weighted by molar-refractivity contribution is -0.141. The summed E-state index contributed by atoms with van der Waals surface area (Å²) in [6, 6.07) is 3.72. The van der Waals surface area contributed by atoms with E-state index < -0.39 is 35.6 Å². The van der Waals surface area contributed by atoms with Crippen molar-refractivity contribution >= 4 is 11.9 Å². The van der Waals surface area contributed by atoms with Gasteiger partial charge in [0.1, 0.15) is 6.04 Å². The van der Waals surface area contributed by atoms with Gasteiger partial charge in [0.05, 0.1) is 5.56 Å². The first-order chi connectivity index (χ1) is 9.61. The number of carbonyl (C=O) groups is 2. The van der Waals surface area contributed by atoms with Gasteiger partial charge in [-0.05, 0) is 24.5 Å². The zero-order valence-electron chi connectivity index (χ0n) is 11.6. The normalized spacial score (nSPS) is 14.3. The van der Waals surface area contributed by atoms with Crippen LogP contribution in [0.2, 0.25) is 0 Å². The lowest BCUT2D eigenvalue weighted by Gasteiger charge is -2.15. The number of benzene rings is 1. The second kappa shape index (κ2) is 6.60. The summed E-state index contributed by atoms with van der Waals surface area (Å²) in [5.41, 5.74) is -0.394. The lowest BCUT2D eigenvalue weighted by atomic mass is 9.95. The molecule has 2 atom stereocenters. The fourth-order valence-electron chi connectivity index (χ4n) is 1.78. The Bertz CT molecular complexity index is 528.